The number of piperidine rings is 1. The first-order chi connectivity index (χ1) is 9.13. The monoisotopic (exact) mass is 266 g/mol. The van der Waals surface area contributed by atoms with Crippen LogP contribution < -0.4 is 16.2 Å². The third kappa shape index (κ3) is 2.86. The van der Waals surface area contributed by atoms with Crippen molar-refractivity contribution in [2.45, 2.75) is 19.8 Å². The molecule has 2 heterocycles. The molecule has 2 rings (SSSR count). The quantitative estimate of drug-likeness (QED) is 0.754. The molecule has 0 aromatic carbocycles. The summed E-state index contributed by atoms with van der Waals surface area (Å²) >= 11 is 0. The number of carbonyl (C=O) groups is 1. The van der Waals surface area contributed by atoms with Crippen molar-refractivity contribution >= 4 is 17.5 Å². The van der Waals surface area contributed by atoms with E-state index in [0.717, 1.165) is 19.4 Å². The van der Waals surface area contributed by atoms with Crippen LogP contribution in [-0.2, 0) is 9.53 Å². The van der Waals surface area contributed by atoms with Gasteiger partial charge in [-0.1, -0.05) is 0 Å². The number of nitrogens with zero attached hydrogens (tertiary/aromatic N) is 2. The predicted octanol–water partition coefficient (Wildman–Crippen LogP) is 0.132. The highest BCUT2D eigenvalue weighted by Gasteiger charge is 2.28. The normalized spacial score (nSPS) is 19.2. The topological polar surface area (TPSA) is 101 Å². The molecular formula is C12H18N4O3. The van der Waals surface area contributed by atoms with Gasteiger partial charge in [0.15, 0.2) is 5.82 Å². The molecule has 3 N–H and O–H groups in total. The number of carbonyl (C=O) groups excluding carboxylic acids is 1. The average Bonchev–Trinajstić information content (AvgIpc) is 2.42. The highest BCUT2D eigenvalue weighted by Crippen LogP contribution is 2.24. The number of hydrogen-bond acceptors (Lipinski definition) is 6. The summed E-state index contributed by atoms with van der Waals surface area (Å²) in [5, 5.41) is 0. The zero-order valence-electron chi connectivity index (χ0n) is 10.9. The van der Waals surface area contributed by atoms with E-state index in [1.807, 2.05) is 4.90 Å². The fourth-order valence-electron chi connectivity index (χ4n) is 2.27. The molecule has 19 heavy (non-hydrogen) atoms. The van der Waals surface area contributed by atoms with Crippen LogP contribution in [0.15, 0.2) is 11.1 Å². The second-order valence-electron chi connectivity index (χ2n) is 4.51. The zero-order valence-corrected chi connectivity index (χ0v) is 10.9. The molecule has 104 valence electrons. The minimum atomic E-state index is -0.358. The van der Waals surface area contributed by atoms with Crippen molar-refractivity contribution in [3.8, 4) is 0 Å². The van der Waals surface area contributed by atoms with Crippen molar-refractivity contribution in [3.63, 3.8) is 0 Å². The van der Waals surface area contributed by atoms with E-state index in [4.69, 9.17) is 10.5 Å². The molecule has 1 saturated heterocycles. The number of esters is 1. The first-order valence-corrected chi connectivity index (χ1v) is 6.38. The first kappa shape index (κ1) is 13.4. The summed E-state index contributed by atoms with van der Waals surface area (Å²) in [6, 6.07) is 0. The summed E-state index contributed by atoms with van der Waals surface area (Å²) in [4.78, 5) is 31.6. The summed E-state index contributed by atoms with van der Waals surface area (Å²) in [5.74, 6) is 0.0579. The van der Waals surface area contributed by atoms with Crippen LogP contribution in [0.1, 0.15) is 19.8 Å². The van der Waals surface area contributed by atoms with Crippen LogP contribution in [-0.4, -0.2) is 35.6 Å². The van der Waals surface area contributed by atoms with Gasteiger partial charge in [-0.2, -0.15) is 0 Å². The molecule has 1 unspecified atom stereocenters. The van der Waals surface area contributed by atoms with Gasteiger partial charge in [-0.15, -0.1) is 0 Å². The van der Waals surface area contributed by atoms with Gasteiger partial charge in [-0.05, 0) is 19.8 Å². The van der Waals surface area contributed by atoms with Crippen LogP contribution in [0.2, 0.25) is 0 Å². The van der Waals surface area contributed by atoms with E-state index in [2.05, 4.69) is 9.97 Å². The molecule has 1 aromatic heterocycles. The van der Waals surface area contributed by atoms with Gasteiger partial charge in [0.05, 0.1) is 18.9 Å². The molecule has 1 aromatic rings. The number of aromatic amines is 1. The lowest BCUT2D eigenvalue weighted by atomic mass is 9.98. The molecular weight excluding hydrogens is 248 g/mol. The molecule has 7 heteroatoms. The highest BCUT2D eigenvalue weighted by atomic mass is 16.5. The van der Waals surface area contributed by atoms with Crippen LogP contribution in [0.5, 0.6) is 0 Å². The second kappa shape index (κ2) is 5.73. The lowest BCUT2D eigenvalue weighted by Crippen LogP contribution is -2.40. The van der Waals surface area contributed by atoms with Crippen LogP contribution in [0, 0.1) is 5.92 Å². The molecule has 1 aliphatic heterocycles. The Morgan fingerprint density at radius 2 is 2.47 bits per heavy atom. The predicted molar refractivity (Wildman–Crippen MR) is 70.8 cm³/mol. The maximum Gasteiger partial charge on any atom is 0.310 e. The molecule has 1 aliphatic rings. The lowest BCUT2D eigenvalue weighted by molar-refractivity contribution is -0.148. The van der Waals surface area contributed by atoms with Gasteiger partial charge >= 0.3 is 5.97 Å². The van der Waals surface area contributed by atoms with E-state index in [-0.39, 0.29) is 23.1 Å². The SMILES string of the molecule is CCOC(=O)C1CCCN(c2nc[nH]c(=O)c2N)C1. The van der Waals surface area contributed by atoms with E-state index >= 15 is 0 Å². The fraction of sp³-hybridized carbons (Fsp3) is 0.583. The fourth-order valence-corrected chi connectivity index (χ4v) is 2.27. The Balaban J connectivity index is 2.15. The Hall–Kier alpha value is -2.05. The first-order valence-electron chi connectivity index (χ1n) is 6.38. The summed E-state index contributed by atoms with van der Waals surface area (Å²) < 4.78 is 5.03. The van der Waals surface area contributed by atoms with Crippen LogP contribution in [0.4, 0.5) is 11.5 Å². The number of H-pyrrole nitrogens is 1. The number of nitrogens with two attached hydrogens (primary N) is 1. The third-order valence-electron chi connectivity index (χ3n) is 3.21. The van der Waals surface area contributed by atoms with E-state index in [1.54, 1.807) is 6.92 Å². The molecule has 0 amide bonds. The Morgan fingerprint density at radius 3 is 3.21 bits per heavy atom. The summed E-state index contributed by atoms with van der Waals surface area (Å²) in [5.41, 5.74) is 5.46. The molecule has 0 aliphatic carbocycles. The van der Waals surface area contributed by atoms with Gasteiger partial charge in [-0.25, -0.2) is 4.98 Å². The van der Waals surface area contributed by atoms with Crippen LogP contribution >= 0.6 is 0 Å². The van der Waals surface area contributed by atoms with E-state index in [1.165, 1.54) is 6.33 Å². The number of ether oxygens (including phenoxy) is 1. The van der Waals surface area contributed by atoms with Gasteiger partial charge in [0, 0.05) is 13.1 Å². The molecule has 0 spiro atoms. The average molecular weight is 266 g/mol. The third-order valence-corrected chi connectivity index (χ3v) is 3.21. The number of nitrogens with one attached hydrogen (secondary N) is 1. The Bertz CT molecular complexity index is 514. The number of nitrogen functional groups attached to an aromatic ring is 1. The number of anilines is 2. The molecule has 0 radical (unpaired) electrons. The Labute approximate surface area is 110 Å². The molecule has 0 bridgehead atoms. The van der Waals surface area contributed by atoms with E-state index < -0.39 is 0 Å². The number of rotatable bonds is 3. The molecule has 7 nitrogen and oxygen atoms in total. The van der Waals surface area contributed by atoms with Crippen molar-refractivity contribution in [2.24, 2.45) is 5.92 Å². The largest absolute Gasteiger partial charge is 0.466 e. The highest BCUT2D eigenvalue weighted by molar-refractivity contribution is 5.74. The molecule has 0 saturated carbocycles. The number of hydrogen-bond donors (Lipinski definition) is 2. The maximum atomic E-state index is 11.8. The summed E-state index contributed by atoms with van der Waals surface area (Å²) in [6.07, 6.45) is 2.96. The smallest absolute Gasteiger partial charge is 0.310 e. The van der Waals surface area contributed by atoms with Gasteiger partial charge in [0.2, 0.25) is 0 Å². The zero-order chi connectivity index (χ0) is 13.8. The molecule has 1 fully saturated rings. The van der Waals surface area contributed by atoms with Gasteiger partial charge in [0.25, 0.3) is 5.56 Å². The summed E-state index contributed by atoms with van der Waals surface area (Å²) in [7, 11) is 0. The lowest BCUT2D eigenvalue weighted by Gasteiger charge is -2.32. The van der Waals surface area contributed by atoms with Crippen molar-refractivity contribution in [3.05, 3.63) is 16.7 Å². The Kier molecular flexibility index (Phi) is 4.03. The molecule has 1 atom stereocenters. The van der Waals surface area contributed by atoms with Crippen molar-refractivity contribution in [2.75, 3.05) is 30.3 Å². The standard InChI is InChI=1S/C12H18N4O3/c1-2-19-12(18)8-4-3-5-16(6-8)10-9(13)11(17)15-7-14-10/h7-8H,2-6,13H2,1H3,(H,14,15,17). The van der Waals surface area contributed by atoms with E-state index in [0.29, 0.717) is 19.0 Å². The van der Waals surface area contributed by atoms with Gasteiger partial charge < -0.3 is 20.4 Å². The minimum Gasteiger partial charge on any atom is -0.466 e. The summed E-state index contributed by atoms with van der Waals surface area (Å²) in [6.45, 7) is 3.38. The van der Waals surface area contributed by atoms with Crippen molar-refractivity contribution < 1.29 is 9.53 Å². The van der Waals surface area contributed by atoms with Gasteiger partial charge in [0.1, 0.15) is 5.69 Å². The van der Waals surface area contributed by atoms with Gasteiger partial charge in [-0.3, -0.25) is 9.59 Å². The van der Waals surface area contributed by atoms with Crippen molar-refractivity contribution in [1.29, 1.82) is 0 Å². The van der Waals surface area contributed by atoms with Crippen molar-refractivity contribution in [1.82, 2.24) is 9.97 Å². The van der Waals surface area contributed by atoms with Crippen LogP contribution in [0.3, 0.4) is 0 Å². The maximum absolute atomic E-state index is 11.8. The number of aromatic nitrogens is 2. The Morgan fingerprint density at radius 1 is 1.68 bits per heavy atom. The second-order valence-corrected chi connectivity index (χ2v) is 4.51. The minimum absolute atomic E-state index is 0.0898. The van der Waals surface area contributed by atoms with Crippen LogP contribution in [0.25, 0.3) is 0 Å². The van der Waals surface area contributed by atoms with E-state index in [9.17, 15) is 9.59 Å².